The molecule has 1 aromatic carbocycles. The fourth-order valence-electron chi connectivity index (χ4n) is 1.51. The van der Waals surface area contributed by atoms with Crippen molar-refractivity contribution in [1.82, 2.24) is 4.98 Å². The molecule has 1 aromatic heterocycles. The van der Waals surface area contributed by atoms with Gasteiger partial charge in [0.05, 0.1) is 12.2 Å². The molecule has 0 aliphatic carbocycles. The van der Waals surface area contributed by atoms with E-state index in [0.717, 1.165) is 0 Å². The van der Waals surface area contributed by atoms with E-state index in [0.29, 0.717) is 17.9 Å². The van der Waals surface area contributed by atoms with Crippen molar-refractivity contribution < 1.29 is 9.84 Å². The summed E-state index contributed by atoms with van der Waals surface area (Å²) in [6.07, 6.45) is 3.30. The molecular weight excluding hydrogens is 216 g/mol. The van der Waals surface area contributed by atoms with E-state index in [1.54, 1.807) is 36.7 Å². The quantitative estimate of drug-likeness (QED) is 0.841. The Morgan fingerprint density at radius 2 is 2.06 bits per heavy atom. The lowest BCUT2D eigenvalue weighted by Crippen LogP contribution is -2.19. The van der Waals surface area contributed by atoms with E-state index in [4.69, 9.17) is 10.5 Å². The van der Waals surface area contributed by atoms with E-state index in [9.17, 15) is 5.11 Å². The number of rotatable bonds is 4. The number of para-hydroxylation sites is 1. The summed E-state index contributed by atoms with van der Waals surface area (Å²) in [5.74, 6) is 0.855. The van der Waals surface area contributed by atoms with Gasteiger partial charge in [0.2, 0.25) is 0 Å². The number of pyridine rings is 1. The van der Waals surface area contributed by atoms with Crippen molar-refractivity contribution in [1.29, 1.82) is 0 Å². The minimum atomic E-state index is -0.364. The summed E-state index contributed by atoms with van der Waals surface area (Å²) >= 11 is 0. The summed E-state index contributed by atoms with van der Waals surface area (Å²) in [4.78, 5) is 3.94. The van der Waals surface area contributed by atoms with Crippen LogP contribution in [0.4, 0.5) is 0 Å². The second-order valence-corrected chi connectivity index (χ2v) is 3.67. The van der Waals surface area contributed by atoms with E-state index in [-0.39, 0.29) is 11.8 Å². The van der Waals surface area contributed by atoms with Gasteiger partial charge in [-0.1, -0.05) is 18.2 Å². The fourth-order valence-corrected chi connectivity index (χ4v) is 1.51. The lowest BCUT2D eigenvalue weighted by atomic mass is 10.1. The summed E-state index contributed by atoms with van der Waals surface area (Å²) in [6, 6.07) is 10.2. The van der Waals surface area contributed by atoms with Crippen LogP contribution in [0.25, 0.3) is 0 Å². The van der Waals surface area contributed by atoms with Gasteiger partial charge in [0, 0.05) is 11.8 Å². The zero-order valence-electron chi connectivity index (χ0n) is 9.28. The Morgan fingerprint density at radius 3 is 2.76 bits per heavy atom. The Bertz CT molecular complexity index is 474. The van der Waals surface area contributed by atoms with E-state index < -0.39 is 0 Å². The van der Waals surface area contributed by atoms with Gasteiger partial charge >= 0.3 is 0 Å². The Hall–Kier alpha value is -2.07. The minimum absolute atomic E-state index is 0.190. The highest BCUT2D eigenvalue weighted by Gasteiger charge is 2.10. The number of benzene rings is 1. The van der Waals surface area contributed by atoms with Crippen LogP contribution in [0.15, 0.2) is 48.8 Å². The summed E-state index contributed by atoms with van der Waals surface area (Å²) < 4.78 is 5.48. The first-order valence-corrected chi connectivity index (χ1v) is 5.33. The normalized spacial score (nSPS) is 12.1. The van der Waals surface area contributed by atoms with Crippen LogP contribution in [0.2, 0.25) is 0 Å². The lowest BCUT2D eigenvalue weighted by Gasteiger charge is -2.14. The molecule has 88 valence electrons. The molecule has 0 saturated heterocycles. The van der Waals surface area contributed by atoms with Crippen LogP contribution >= 0.6 is 0 Å². The smallest absolute Gasteiger partial charge is 0.137 e. The molecule has 4 heteroatoms. The molecular formula is C13H14N2O2. The number of ether oxygens (including phenoxy) is 1. The van der Waals surface area contributed by atoms with E-state index in [1.807, 2.05) is 12.1 Å². The van der Waals surface area contributed by atoms with E-state index in [1.165, 1.54) is 0 Å². The third-order valence-electron chi connectivity index (χ3n) is 2.40. The molecule has 0 bridgehead atoms. The number of aromatic nitrogens is 1. The van der Waals surface area contributed by atoms with Gasteiger partial charge in [0.25, 0.3) is 0 Å². The molecule has 17 heavy (non-hydrogen) atoms. The Morgan fingerprint density at radius 1 is 1.24 bits per heavy atom. The first-order valence-electron chi connectivity index (χ1n) is 5.33. The molecule has 0 fully saturated rings. The number of aromatic hydroxyl groups is 1. The second kappa shape index (κ2) is 5.32. The summed E-state index contributed by atoms with van der Waals surface area (Å²) in [5, 5.41) is 9.63. The largest absolute Gasteiger partial charge is 0.508 e. The number of hydrogen-bond acceptors (Lipinski definition) is 4. The average Bonchev–Trinajstić information content (AvgIpc) is 2.38. The van der Waals surface area contributed by atoms with Gasteiger partial charge in [-0.3, -0.25) is 4.98 Å². The van der Waals surface area contributed by atoms with Crippen molar-refractivity contribution in [3.63, 3.8) is 0 Å². The van der Waals surface area contributed by atoms with Crippen molar-refractivity contribution in [3.05, 3.63) is 54.4 Å². The van der Waals surface area contributed by atoms with Crippen LogP contribution in [0.3, 0.4) is 0 Å². The Balaban J connectivity index is 1.99. The topological polar surface area (TPSA) is 68.4 Å². The molecule has 0 spiro atoms. The Labute approximate surface area is 99.7 Å². The van der Waals surface area contributed by atoms with Gasteiger partial charge in [-0.15, -0.1) is 0 Å². The van der Waals surface area contributed by atoms with Crippen LogP contribution < -0.4 is 10.5 Å². The zero-order valence-corrected chi connectivity index (χ0v) is 9.28. The van der Waals surface area contributed by atoms with Gasteiger partial charge in [-0.2, -0.15) is 0 Å². The highest BCUT2D eigenvalue weighted by molar-refractivity contribution is 5.34. The standard InChI is InChI=1S/C13H14N2O2/c14-12(11-5-1-2-6-13(11)16)9-17-10-4-3-7-15-8-10/h1-8,12,16H,9,14H2. The van der Waals surface area contributed by atoms with Crippen molar-refractivity contribution in [2.75, 3.05) is 6.61 Å². The number of nitrogens with two attached hydrogens (primary N) is 1. The van der Waals surface area contributed by atoms with Crippen molar-refractivity contribution >= 4 is 0 Å². The molecule has 4 nitrogen and oxygen atoms in total. The Kier molecular flexibility index (Phi) is 3.57. The number of hydrogen-bond donors (Lipinski definition) is 2. The molecule has 2 aromatic rings. The lowest BCUT2D eigenvalue weighted by molar-refractivity contribution is 0.286. The van der Waals surface area contributed by atoms with Gasteiger partial charge in [-0.25, -0.2) is 0 Å². The van der Waals surface area contributed by atoms with E-state index >= 15 is 0 Å². The van der Waals surface area contributed by atoms with Gasteiger partial charge in [0.15, 0.2) is 0 Å². The highest BCUT2D eigenvalue weighted by Crippen LogP contribution is 2.22. The van der Waals surface area contributed by atoms with Crippen LogP contribution in [0, 0.1) is 0 Å². The van der Waals surface area contributed by atoms with Crippen LogP contribution in [0.5, 0.6) is 11.5 Å². The molecule has 2 rings (SSSR count). The third kappa shape index (κ3) is 2.95. The van der Waals surface area contributed by atoms with Crippen molar-refractivity contribution in [2.45, 2.75) is 6.04 Å². The fraction of sp³-hybridized carbons (Fsp3) is 0.154. The summed E-state index contributed by atoms with van der Waals surface area (Å²) in [6.45, 7) is 0.295. The maximum atomic E-state index is 9.63. The predicted molar refractivity (Wildman–Crippen MR) is 64.8 cm³/mol. The molecule has 0 aliphatic rings. The zero-order chi connectivity index (χ0) is 12.1. The molecule has 0 aliphatic heterocycles. The van der Waals surface area contributed by atoms with Crippen LogP contribution in [0.1, 0.15) is 11.6 Å². The van der Waals surface area contributed by atoms with Gasteiger partial charge < -0.3 is 15.6 Å². The highest BCUT2D eigenvalue weighted by atomic mass is 16.5. The summed E-state index contributed by atoms with van der Waals surface area (Å²) in [5.41, 5.74) is 6.62. The summed E-state index contributed by atoms with van der Waals surface area (Å²) in [7, 11) is 0. The molecule has 1 unspecified atom stereocenters. The number of phenols is 1. The number of phenolic OH excluding ortho intramolecular Hbond substituents is 1. The molecule has 0 amide bonds. The molecule has 3 N–H and O–H groups in total. The first-order chi connectivity index (χ1) is 8.27. The van der Waals surface area contributed by atoms with Crippen molar-refractivity contribution in [3.8, 4) is 11.5 Å². The minimum Gasteiger partial charge on any atom is -0.508 e. The maximum Gasteiger partial charge on any atom is 0.137 e. The molecule has 0 radical (unpaired) electrons. The molecule has 1 heterocycles. The van der Waals surface area contributed by atoms with Gasteiger partial charge in [-0.05, 0) is 18.2 Å². The third-order valence-corrected chi connectivity index (χ3v) is 2.40. The van der Waals surface area contributed by atoms with E-state index in [2.05, 4.69) is 4.98 Å². The monoisotopic (exact) mass is 230 g/mol. The van der Waals surface area contributed by atoms with Crippen molar-refractivity contribution in [2.24, 2.45) is 5.73 Å². The van der Waals surface area contributed by atoms with Crippen LogP contribution in [-0.2, 0) is 0 Å². The maximum absolute atomic E-state index is 9.63. The second-order valence-electron chi connectivity index (χ2n) is 3.67. The molecule has 1 atom stereocenters. The average molecular weight is 230 g/mol. The predicted octanol–water partition coefficient (Wildman–Crippen LogP) is 1.87. The first kappa shape index (κ1) is 11.4. The van der Waals surface area contributed by atoms with Crippen LogP contribution in [-0.4, -0.2) is 16.7 Å². The molecule has 0 saturated carbocycles. The van der Waals surface area contributed by atoms with Gasteiger partial charge in [0.1, 0.15) is 18.1 Å². The number of nitrogens with zero attached hydrogens (tertiary/aromatic N) is 1. The SMILES string of the molecule is NC(COc1cccnc1)c1ccccc1O.